The summed E-state index contributed by atoms with van der Waals surface area (Å²) in [5, 5.41) is 42.6. The molecule has 0 aliphatic carbocycles. The fourth-order valence-electron chi connectivity index (χ4n) is 7.95. The van der Waals surface area contributed by atoms with E-state index < -0.39 is 91.3 Å². The van der Waals surface area contributed by atoms with Crippen molar-refractivity contribution in [1.82, 2.24) is 36.4 Å². The van der Waals surface area contributed by atoms with Crippen LogP contribution in [0, 0.1) is 6.92 Å². The van der Waals surface area contributed by atoms with Crippen molar-refractivity contribution in [3.05, 3.63) is 53.1 Å². The van der Waals surface area contributed by atoms with Gasteiger partial charge in [0.15, 0.2) is 0 Å². The van der Waals surface area contributed by atoms with Crippen LogP contribution in [0.3, 0.4) is 0 Å². The Balaban J connectivity index is 1.64. The number of amides is 7. The second kappa shape index (κ2) is 28.2. The number of nitrogens with zero attached hydrogens (tertiary/aromatic N) is 2. The first-order valence-corrected chi connectivity index (χ1v) is 23.6. The molecule has 1 aliphatic rings. The summed E-state index contributed by atoms with van der Waals surface area (Å²) in [6.07, 6.45) is 15.2. The predicted molar refractivity (Wildman–Crippen MR) is 252 cm³/mol. The molecule has 0 radical (unpaired) electrons. The molecule has 0 aromatic heterocycles. The van der Waals surface area contributed by atoms with E-state index in [1.165, 1.54) is 96.7 Å². The van der Waals surface area contributed by atoms with Gasteiger partial charge in [-0.05, 0) is 67.6 Å². The fraction of sp³-hybridized carbons (Fsp3) is 0.592. The summed E-state index contributed by atoms with van der Waals surface area (Å²) >= 11 is 0. The van der Waals surface area contributed by atoms with Gasteiger partial charge >= 0.3 is 5.97 Å². The van der Waals surface area contributed by atoms with Gasteiger partial charge in [-0.15, -0.1) is 0 Å². The number of benzene rings is 2. The van der Waals surface area contributed by atoms with Crippen molar-refractivity contribution in [2.24, 2.45) is 0 Å². The molecule has 8 N–H and O–H groups in total. The number of aromatic hydroxyl groups is 1. The van der Waals surface area contributed by atoms with Crippen LogP contribution < -0.4 is 26.6 Å². The van der Waals surface area contributed by atoms with E-state index >= 15 is 0 Å². The topological polar surface area (TPSA) is 264 Å². The summed E-state index contributed by atoms with van der Waals surface area (Å²) in [4.78, 5) is 107. The van der Waals surface area contributed by atoms with E-state index in [0.717, 1.165) is 24.2 Å². The summed E-state index contributed by atoms with van der Waals surface area (Å²) in [6.45, 7) is 4.74. The second-order valence-corrected chi connectivity index (χ2v) is 17.6. The number of unbranched alkanes of at least 4 members (excludes halogenated alkanes) is 12. The first-order valence-electron chi connectivity index (χ1n) is 23.6. The molecule has 1 aliphatic heterocycles. The van der Waals surface area contributed by atoms with Gasteiger partial charge in [0.25, 0.3) is 0 Å². The van der Waals surface area contributed by atoms with Gasteiger partial charge in [-0.25, -0.2) is 0 Å². The monoisotopic (exact) mass is 936 g/mol. The Bertz CT molecular complexity index is 2030. The summed E-state index contributed by atoms with van der Waals surface area (Å²) < 4.78 is 0. The van der Waals surface area contributed by atoms with Gasteiger partial charge in [-0.2, -0.15) is 0 Å². The first kappa shape index (κ1) is 55.3. The molecule has 3 rings (SSSR count). The van der Waals surface area contributed by atoms with E-state index in [9.17, 15) is 48.6 Å². The SMILES string of the molecule is CCCCCCCCCCCCCCCC(=O)N(C)[C@H](CO)C(=O)N[C@H](C)C(=O)NCC(=O)N(C)[C@@H]1C(=O)N[C@@H](C)C(=O)N[C@H](C(=O)NCC(=O)O)Cc2ccc(O)c(c2)-c2cc1ccc2C. The molecule has 0 unspecified atom stereocenters. The second-order valence-electron chi connectivity index (χ2n) is 17.6. The molecule has 0 saturated carbocycles. The highest BCUT2D eigenvalue weighted by molar-refractivity contribution is 5.97. The van der Waals surface area contributed by atoms with Crippen LogP contribution in [0.15, 0.2) is 36.4 Å². The molecular weight excluding hydrogens is 863 g/mol. The number of carboxylic acids is 1. The van der Waals surface area contributed by atoms with Crippen molar-refractivity contribution in [1.29, 1.82) is 0 Å². The van der Waals surface area contributed by atoms with Gasteiger partial charge in [0.1, 0.15) is 42.5 Å². The van der Waals surface area contributed by atoms with Gasteiger partial charge in [0.05, 0.1) is 13.2 Å². The van der Waals surface area contributed by atoms with Crippen molar-refractivity contribution in [2.45, 2.75) is 154 Å². The lowest BCUT2D eigenvalue weighted by atomic mass is 9.91. The highest BCUT2D eigenvalue weighted by atomic mass is 16.4. The third-order valence-electron chi connectivity index (χ3n) is 12.2. The Morgan fingerprint density at radius 2 is 1.37 bits per heavy atom. The number of phenolic OH excluding ortho intramolecular Hbond substituents is 1. The number of phenols is 1. The van der Waals surface area contributed by atoms with Gasteiger partial charge < -0.3 is 51.7 Å². The summed E-state index contributed by atoms with van der Waals surface area (Å²) in [6, 6.07) is 3.14. The number of aliphatic hydroxyl groups is 1. The number of hydrogen-bond donors (Lipinski definition) is 8. The molecule has 2 aromatic rings. The van der Waals surface area contributed by atoms with E-state index in [1.807, 2.05) is 0 Å². The minimum Gasteiger partial charge on any atom is -0.507 e. The Morgan fingerprint density at radius 1 is 0.761 bits per heavy atom. The molecule has 1 heterocycles. The third kappa shape index (κ3) is 17.6. The van der Waals surface area contributed by atoms with Crippen molar-refractivity contribution in [2.75, 3.05) is 33.8 Å². The number of rotatable bonds is 25. The summed E-state index contributed by atoms with van der Waals surface area (Å²) in [5.41, 5.74) is 2.31. The van der Waals surface area contributed by atoms with Crippen LogP contribution >= 0.6 is 0 Å². The van der Waals surface area contributed by atoms with Gasteiger partial charge in [0, 0.05) is 32.5 Å². The molecule has 18 heteroatoms. The lowest BCUT2D eigenvalue weighted by Crippen LogP contribution is -2.56. The van der Waals surface area contributed by atoms with Gasteiger partial charge in [-0.3, -0.25) is 38.4 Å². The van der Waals surface area contributed by atoms with Gasteiger partial charge in [-0.1, -0.05) is 102 Å². The largest absolute Gasteiger partial charge is 0.507 e. The van der Waals surface area contributed by atoms with E-state index in [-0.39, 0.29) is 24.5 Å². The Hall–Kier alpha value is -6.04. The average molecular weight is 936 g/mol. The molecule has 7 amide bonds. The standard InChI is InChI=1S/C49H73N7O11/c1-7-8-9-10-11-12-13-14-15-16-17-18-19-20-41(59)55(5)39(30-57)48(66)52-32(3)45(63)50-28-42(60)56(6)44-35-23-21-31(2)36(27-35)37-25-34(22-24-40(37)58)26-38(47(65)51-29-43(61)62)54-46(64)33(4)53-49(44)67/h21-25,27,32-33,38-39,44,57-58H,7-20,26,28-30H2,1-6H3,(H,50,63)(H,51,65)(H,52,66)(H,53,67)(H,54,64)(H,61,62)/t32-,33+,38+,39-,44+/m1/s1. The smallest absolute Gasteiger partial charge is 0.322 e. The fourth-order valence-corrected chi connectivity index (χ4v) is 7.95. The number of fused-ring (bicyclic) bond motifs is 5. The number of aliphatic carboxylic acids is 1. The average Bonchev–Trinajstić information content (AvgIpc) is 3.29. The number of carbonyl (C=O) groups excluding carboxylic acids is 7. The molecule has 370 valence electrons. The van der Waals surface area contributed by atoms with Crippen molar-refractivity contribution in [3.8, 4) is 16.9 Å². The van der Waals surface area contributed by atoms with Crippen molar-refractivity contribution < 1.29 is 53.7 Å². The number of aliphatic hydroxyl groups excluding tert-OH is 1. The van der Waals surface area contributed by atoms with E-state index in [4.69, 9.17) is 5.11 Å². The molecule has 0 saturated heterocycles. The minimum absolute atomic E-state index is 0.0872. The van der Waals surface area contributed by atoms with Crippen LogP contribution in [0.2, 0.25) is 0 Å². The highest BCUT2D eigenvalue weighted by Crippen LogP contribution is 2.35. The lowest BCUT2D eigenvalue weighted by molar-refractivity contribution is -0.142. The van der Waals surface area contributed by atoms with E-state index in [2.05, 4.69) is 33.5 Å². The molecular formula is C49H73N7O11. The zero-order chi connectivity index (χ0) is 49.6. The molecule has 2 aromatic carbocycles. The van der Waals surface area contributed by atoms with Crippen LogP contribution in [0.1, 0.15) is 133 Å². The number of hydrogen-bond acceptors (Lipinski definition) is 10. The maximum Gasteiger partial charge on any atom is 0.322 e. The Morgan fingerprint density at radius 3 is 1.97 bits per heavy atom. The molecule has 4 bridgehead atoms. The van der Waals surface area contributed by atoms with Crippen molar-refractivity contribution >= 4 is 47.3 Å². The zero-order valence-electron chi connectivity index (χ0n) is 40.1. The molecule has 5 atom stereocenters. The maximum absolute atomic E-state index is 14.1. The summed E-state index contributed by atoms with van der Waals surface area (Å²) in [5.74, 6) is -6.38. The van der Waals surface area contributed by atoms with Crippen LogP contribution in [0.25, 0.3) is 11.1 Å². The predicted octanol–water partition coefficient (Wildman–Crippen LogP) is 3.54. The van der Waals surface area contributed by atoms with Crippen LogP contribution in [0.4, 0.5) is 0 Å². The molecule has 18 nitrogen and oxygen atoms in total. The van der Waals surface area contributed by atoms with Crippen LogP contribution in [-0.2, 0) is 44.8 Å². The van der Waals surface area contributed by atoms with Gasteiger partial charge in [0.2, 0.25) is 41.4 Å². The van der Waals surface area contributed by atoms with Crippen molar-refractivity contribution in [3.63, 3.8) is 0 Å². The number of nitrogens with one attached hydrogen (secondary N) is 5. The maximum atomic E-state index is 14.1. The molecule has 0 spiro atoms. The Labute approximate surface area is 394 Å². The zero-order valence-corrected chi connectivity index (χ0v) is 40.1. The first-order chi connectivity index (χ1) is 31.9. The number of aryl methyl sites for hydroxylation is 1. The third-order valence-corrected chi connectivity index (χ3v) is 12.2. The van der Waals surface area contributed by atoms with E-state index in [1.54, 1.807) is 37.3 Å². The van der Waals surface area contributed by atoms with Crippen LogP contribution in [-0.4, -0.2) is 130 Å². The number of carbonyl (C=O) groups is 8. The number of carboxylic acid groups (broad SMARTS) is 1. The minimum atomic E-state index is -1.39. The molecule has 0 fully saturated rings. The Kier molecular flexibility index (Phi) is 23.3. The molecule has 67 heavy (non-hydrogen) atoms. The van der Waals surface area contributed by atoms with E-state index in [0.29, 0.717) is 34.2 Å². The van der Waals surface area contributed by atoms with Crippen LogP contribution in [0.5, 0.6) is 5.75 Å². The highest BCUT2D eigenvalue weighted by Gasteiger charge is 2.34. The quantitative estimate of drug-likeness (QED) is 0.0668. The lowest BCUT2D eigenvalue weighted by Gasteiger charge is -2.30. The normalized spacial score (nSPS) is 16.9. The number of likely N-dealkylation sites (N-methyl/N-ethyl adjacent to an activating group) is 2. The summed E-state index contributed by atoms with van der Waals surface area (Å²) in [7, 11) is 2.76.